The van der Waals surface area contributed by atoms with Crippen molar-refractivity contribution >= 4 is 12.0 Å². The highest BCUT2D eigenvalue weighted by atomic mass is 19.4. The van der Waals surface area contributed by atoms with Gasteiger partial charge in [-0.15, -0.1) is 0 Å². The van der Waals surface area contributed by atoms with Gasteiger partial charge in [-0.3, -0.25) is 4.98 Å². The Morgan fingerprint density at radius 3 is 2.28 bits per heavy atom. The molecule has 134 valence electrons. The molecule has 0 aliphatic heterocycles. The first-order valence-corrected chi connectivity index (χ1v) is 7.53. The molecule has 0 radical (unpaired) electrons. The first-order valence-electron chi connectivity index (χ1n) is 7.53. The number of carboxylic acids is 1. The Bertz CT molecular complexity index is 659. The van der Waals surface area contributed by atoms with E-state index in [2.05, 4.69) is 41.1 Å². The lowest BCUT2D eigenvalue weighted by molar-refractivity contribution is -0.404. The molecule has 1 aromatic carbocycles. The molecule has 1 atom stereocenters. The number of carboxylic acid groups (broad SMARTS) is 1. The van der Waals surface area contributed by atoms with Gasteiger partial charge in [0.15, 0.2) is 0 Å². The molecular formula is C18H19F3N2O2. The Morgan fingerprint density at radius 1 is 1.16 bits per heavy atom. The third-order valence-corrected chi connectivity index (χ3v) is 3.11. The summed E-state index contributed by atoms with van der Waals surface area (Å²) in [4.78, 5) is 13.0. The lowest BCUT2D eigenvalue weighted by Gasteiger charge is -2.03. The lowest BCUT2D eigenvalue weighted by Crippen LogP contribution is -2.59. The topological polar surface area (TPSA) is 80.7 Å². The Hall–Kier alpha value is -2.67. The van der Waals surface area contributed by atoms with E-state index in [0.717, 1.165) is 18.5 Å². The summed E-state index contributed by atoms with van der Waals surface area (Å²) in [5.41, 5.74) is 6.52. The van der Waals surface area contributed by atoms with Crippen LogP contribution in [0, 0.1) is 0 Å². The van der Waals surface area contributed by atoms with Crippen molar-refractivity contribution in [1.82, 2.24) is 4.98 Å². The van der Waals surface area contributed by atoms with Gasteiger partial charge < -0.3 is 15.6 Å². The zero-order valence-corrected chi connectivity index (χ0v) is 13.4. The number of alkyl halides is 3. The van der Waals surface area contributed by atoms with Crippen molar-refractivity contribution in [2.75, 3.05) is 0 Å². The minimum Gasteiger partial charge on any atom is -0.542 e. The number of nitrogens with zero attached hydrogens (tertiary/aromatic N) is 1. The van der Waals surface area contributed by atoms with Crippen LogP contribution >= 0.6 is 0 Å². The zero-order chi connectivity index (χ0) is 18.7. The number of aromatic nitrogens is 1. The van der Waals surface area contributed by atoms with Gasteiger partial charge in [0.25, 0.3) is 0 Å². The monoisotopic (exact) mass is 352 g/mol. The number of pyridine rings is 1. The van der Waals surface area contributed by atoms with Crippen molar-refractivity contribution in [3.05, 3.63) is 72.1 Å². The van der Waals surface area contributed by atoms with E-state index in [1.165, 1.54) is 5.56 Å². The molecule has 0 spiro atoms. The second-order valence-electron chi connectivity index (χ2n) is 5.18. The number of halogens is 3. The maximum Gasteiger partial charge on any atom is 0.430 e. The van der Waals surface area contributed by atoms with Crippen LogP contribution in [0.5, 0.6) is 0 Å². The number of aryl methyl sites for hydroxylation is 1. The molecule has 0 aliphatic carbocycles. The smallest absolute Gasteiger partial charge is 0.430 e. The molecule has 25 heavy (non-hydrogen) atoms. The number of quaternary nitrogens is 1. The molecule has 7 heteroatoms. The summed E-state index contributed by atoms with van der Waals surface area (Å²) in [6.07, 6.45) is 2.92. The van der Waals surface area contributed by atoms with Crippen LogP contribution in [-0.2, 0) is 11.2 Å². The van der Waals surface area contributed by atoms with E-state index in [0.29, 0.717) is 6.04 Å². The number of carbonyl (C=O) groups excluding carboxylic acids is 1. The molecule has 1 aromatic heterocycles. The van der Waals surface area contributed by atoms with Crippen molar-refractivity contribution in [2.45, 2.75) is 25.1 Å². The molecule has 0 amide bonds. The van der Waals surface area contributed by atoms with Crippen LogP contribution in [0.15, 0.2) is 60.8 Å². The van der Waals surface area contributed by atoms with Gasteiger partial charge in [0, 0.05) is 12.6 Å². The van der Waals surface area contributed by atoms with E-state index < -0.39 is 12.1 Å². The third-order valence-electron chi connectivity index (χ3n) is 3.11. The first kappa shape index (κ1) is 20.4. The van der Waals surface area contributed by atoms with Crippen LogP contribution in [0.1, 0.15) is 17.7 Å². The van der Waals surface area contributed by atoms with Gasteiger partial charge in [-0.2, -0.15) is 13.2 Å². The van der Waals surface area contributed by atoms with Crippen molar-refractivity contribution in [3.8, 4) is 0 Å². The summed E-state index contributed by atoms with van der Waals surface area (Å²) < 4.78 is 31.5. The fourth-order valence-electron chi connectivity index (χ4n) is 1.80. The van der Waals surface area contributed by atoms with Crippen molar-refractivity contribution in [3.63, 3.8) is 0 Å². The molecule has 3 N–H and O–H groups in total. The normalized spacial score (nSPS) is 12.3. The highest BCUT2D eigenvalue weighted by Gasteiger charge is 2.28. The number of benzene rings is 1. The predicted molar refractivity (Wildman–Crippen MR) is 85.8 cm³/mol. The van der Waals surface area contributed by atoms with Gasteiger partial charge in [0.2, 0.25) is 0 Å². The van der Waals surface area contributed by atoms with Gasteiger partial charge in [0.05, 0.1) is 5.69 Å². The minimum atomic E-state index is -5.19. The van der Waals surface area contributed by atoms with Crippen molar-refractivity contribution in [1.29, 1.82) is 0 Å². The average molecular weight is 352 g/mol. The summed E-state index contributed by atoms with van der Waals surface area (Å²) in [6.45, 7) is 0. The van der Waals surface area contributed by atoms with Crippen LogP contribution in [-0.4, -0.2) is 23.2 Å². The minimum absolute atomic E-state index is 0.326. The SMILES string of the molecule is O=C([O-])C(F)(F)F.[NH3+][C@H](/C=C/c1ccccn1)CCc1ccccc1. The molecule has 0 unspecified atom stereocenters. The van der Waals surface area contributed by atoms with Gasteiger partial charge in [-0.05, 0) is 36.3 Å². The average Bonchev–Trinajstić information content (AvgIpc) is 2.60. The van der Waals surface area contributed by atoms with E-state index in [9.17, 15) is 13.2 Å². The quantitative estimate of drug-likeness (QED) is 0.888. The molecule has 2 rings (SSSR count). The van der Waals surface area contributed by atoms with Crippen LogP contribution in [0.3, 0.4) is 0 Å². The highest BCUT2D eigenvalue weighted by Crippen LogP contribution is 2.11. The van der Waals surface area contributed by atoms with Crippen molar-refractivity contribution < 1.29 is 28.8 Å². The summed E-state index contributed by atoms with van der Waals surface area (Å²) in [5.74, 6) is -3.01. The number of rotatable bonds is 5. The van der Waals surface area contributed by atoms with E-state index in [4.69, 9.17) is 9.90 Å². The standard InChI is InChI=1S/C16H18N2.C2HF3O2/c17-15(10-9-14-6-2-1-3-7-14)11-12-16-8-4-5-13-18-16;3-2(4,5)1(6)7/h1-8,11-13,15H,9-10,17H2;(H,6,7)/b12-11+;/t15-;/m0./s1. The van der Waals surface area contributed by atoms with Gasteiger partial charge in [-0.1, -0.05) is 36.4 Å². The molecule has 0 bridgehead atoms. The number of hydrogen-bond donors (Lipinski definition) is 1. The zero-order valence-electron chi connectivity index (χ0n) is 13.4. The Balaban J connectivity index is 0.000000381. The van der Waals surface area contributed by atoms with Crippen LogP contribution < -0.4 is 10.8 Å². The molecule has 0 aliphatic rings. The van der Waals surface area contributed by atoms with Crippen molar-refractivity contribution in [2.24, 2.45) is 0 Å². The second-order valence-corrected chi connectivity index (χ2v) is 5.18. The van der Waals surface area contributed by atoms with Gasteiger partial charge in [-0.25, -0.2) is 0 Å². The largest absolute Gasteiger partial charge is 0.542 e. The summed E-state index contributed by atoms with van der Waals surface area (Å²) in [7, 11) is 0. The van der Waals surface area contributed by atoms with Crippen LogP contribution in [0.4, 0.5) is 13.2 Å². The van der Waals surface area contributed by atoms with Gasteiger partial charge in [0.1, 0.15) is 12.0 Å². The summed E-state index contributed by atoms with van der Waals surface area (Å²) in [5, 5.41) is 8.78. The molecule has 4 nitrogen and oxygen atoms in total. The van der Waals surface area contributed by atoms with E-state index >= 15 is 0 Å². The molecule has 0 fully saturated rings. The van der Waals surface area contributed by atoms with E-state index in [-0.39, 0.29) is 0 Å². The van der Waals surface area contributed by atoms with Crippen LogP contribution in [0.2, 0.25) is 0 Å². The molecular weight excluding hydrogens is 333 g/mol. The Labute approximate surface area is 143 Å². The summed E-state index contributed by atoms with van der Waals surface area (Å²) >= 11 is 0. The number of carbonyl (C=O) groups is 1. The first-order chi connectivity index (χ1) is 11.8. The fraction of sp³-hybridized carbons (Fsp3) is 0.222. The number of aliphatic carboxylic acids is 1. The summed E-state index contributed by atoms with van der Waals surface area (Å²) in [6, 6.07) is 16.8. The molecule has 0 saturated heterocycles. The van der Waals surface area contributed by atoms with Gasteiger partial charge >= 0.3 is 6.18 Å². The Morgan fingerprint density at radius 2 is 1.76 bits per heavy atom. The third kappa shape index (κ3) is 9.26. The lowest BCUT2D eigenvalue weighted by atomic mass is 10.1. The Kier molecular flexibility index (Phi) is 8.35. The molecule has 0 saturated carbocycles. The number of hydrogen-bond acceptors (Lipinski definition) is 3. The predicted octanol–water partition coefficient (Wildman–Crippen LogP) is 1.64. The van der Waals surface area contributed by atoms with E-state index in [1.807, 2.05) is 36.5 Å². The molecule has 1 heterocycles. The molecule has 2 aromatic rings. The fourth-order valence-corrected chi connectivity index (χ4v) is 1.80. The van der Waals surface area contributed by atoms with Crippen LogP contribution in [0.25, 0.3) is 6.08 Å². The second kappa shape index (κ2) is 10.2. The maximum absolute atomic E-state index is 10.5. The maximum atomic E-state index is 10.5. The van der Waals surface area contributed by atoms with E-state index in [1.54, 1.807) is 0 Å². The highest BCUT2D eigenvalue weighted by molar-refractivity contribution is 5.70.